The number of aromatic nitrogens is 3. The van der Waals surface area contributed by atoms with Gasteiger partial charge in [-0.2, -0.15) is 0 Å². The smallest absolute Gasteiger partial charge is 0.0738 e. The van der Waals surface area contributed by atoms with Crippen LogP contribution in [0, 0.1) is 0 Å². The molecule has 0 spiro atoms. The Morgan fingerprint density at radius 1 is 1.33 bits per heavy atom. The average Bonchev–Trinajstić information content (AvgIpc) is 2.53. The van der Waals surface area contributed by atoms with Crippen molar-refractivity contribution in [2.45, 2.75) is 51.1 Å². The van der Waals surface area contributed by atoms with Crippen molar-refractivity contribution in [1.82, 2.24) is 20.3 Å². The van der Waals surface area contributed by atoms with E-state index in [1.165, 1.54) is 44.2 Å². The van der Waals surface area contributed by atoms with Gasteiger partial charge in [0.25, 0.3) is 0 Å². The van der Waals surface area contributed by atoms with Crippen molar-refractivity contribution in [2.75, 3.05) is 0 Å². The molecule has 15 heavy (non-hydrogen) atoms. The predicted molar refractivity (Wildman–Crippen MR) is 59.3 cm³/mol. The standard InChI is InChI=1S/C11H20N4/c1-15-11(9-13-14-15)8-12-10-6-4-2-3-5-7-10/h9-10,12H,2-8H2,1H3. The molecule has 0 amide bonds. The zero-order valence-electron chi connectivity index (χ0n) is 9.45. The number of hydrogen-bond acceptors (Lipinski definition) is 3. The Kier molecular flexibility index (Phi) is 3.72. The Morgan fingerprint density at radius 2 is 2.07 bits per heavy atom. The molecule has 4 nitrogen and oxygen atoms in total. The predicted octanol–water partition coefficient (Wildman–Crippen LogP) is 1.63. The fourth-order valence-electron chi connectivity index (χ4n) is 2.20. The van der Waals surface area contributed by atoms with Gasteiger partial charge in [-0.3, -0.25) is 4.68 Å². The molecule has 84 valence electrons. The third-order valence-electron chi connectivity index (χ3n) is 3.24. The van der Waals surface area contributed by atoms with Crippen molar-refractivity contribution >= 4 is 0 Å². The van der Waals surface area contributed by atoms with Crippen LogP contribution in [0.15, 0.2) is 6.20 Å². The lowest BCUT2D eigenvalue weighted by atomic mass is 10.1. The van der Waals surface area contributed by atoms with Gasteiger partial charge in [0.2, 0.25) is 0 Å². The SMILES string of the molecule is Cn1nncc1CNC1CCCCCC1. The molecule has 0 saturated heterocycles. The van der Waals surface area contributed by atoms with E-state index in [0.717, 1.165) is 6.54 Å². The van der Waals surface area contributed by atoms with Gasteiger partial charge in [-0.1, -0.05) is 30.9 Å². The highest BCUT2D eigenvalue weighted by Gasteiger charge is 2.11. The minimum Gasteiger partial charge on any atom is -0.308 e. The maximum atomic E-state index is 3.93. The van der Waals surface area contributed by atoms with Crippen LogP contribution in [0.4, 0.5) is 0 Å². The molecular formula is C11H20N4. The minimum atomic E-state index is 0.697. The van der Waals surface area contributed by atoms with Gasteiger partial charge in [-0.05, 0) is 12.8 Å². The minimum absolute atomic E-state index is 0.697. The largest absolute Gasteiger partial charge is 0.308 e. The second kappa shape index (κ2) is 5.26. The van der Waals surface area contributed by atoms with Crippen LogP contribution in [0.25, 0.3) is 0 Å². The third-order valence-corrected chi connectivity index (χ3v) is 3.24. The first kappa shape index (κ1) is 10.6. The molecule has 1 fully saturated rings. The number of nitrogens with zero attached hydrogens (tertiary/aromatic N) is 3. The van der Waals surface area contributed by atoms with Crippen molar-refractivity contribution in [2.24, 2.45) is 7.05 Å². The van der Waals surface area contributed by atoms with E-state index < -0.39 is 0 Å². The van der Waals surface area contributed by atoms with Crippen LogP contribution < -0.4 is 5.32 Å². The van der Waals surface area contributed by atoms with Gasteiger partial charge >= 0.3 is 0 Å². The lowest BCUT2D eigenvalue weighted by molar-refractivity contribution is 0.450. The van der Waals surface area contributed by atoms with Gasteiger partial charge < -0.3 is 5.32 Å². The first-order chi connectivity index (χ1) is 7.36. The fourth-order valence-corrected chi connectivity index (χ4v) is 2.20. The molecule has 1 aromatic rings. The van der Waals surface area contributed by atoms with Crippen molar-refractivity contribution in [1.29, 1.82) is 0 Å². The fraction of sp³-hybridized carbons (Fsp3) is 0.818. The first-order valence-corrected chi connectivity index (χ1v) is 5.93. The summed E-state index contributed by atoms with van der Waals surface area (Å²) in [6, 6.07) is 0.697. The summed E-state index contributed by atoms with van der Waals surface area (Å²) in [7, 11) is 1.94. The van der Waals surface area contributed by atoms with E-state index in [4.69, 9.17) is 0 Å². The summed E-state index contributed by atoms with van der Waals surface area (Å²) in [4.78, 5) is 0. The molecule has 0 atom stereocenters. The van der Waals surface area contributed by atoms with E-state index in [2.05, 4.69) is 15.6 Å². The summed E-state index contributed by atoms with van der Waals surface area (Å²) in [6.45, 7) is 0.897. The number of rotatable bonds is 3. The van der Waals surface area contributed by atoms with Crippen molar-refractivity contribution < 1.29 is 0 Å². The second-order valence-corrected chi connectivity index (χ2v) is 4.42. The summed E-state index contributed by atoms with van der Waals surface area (Å²) in [5, 5.41) is 11.4. The Hall–Kier alpha value is -0.900. The molecule has 1 N–H and O–H groups in total. The molecule has 1 heterocycles. The highest BCUT2D eigenvalue weighted by atomic mass is 15.4. The van der Waals surface area contributed by atoms with Gasteiger partial charge in [0.05, 0.1) is 11.9 Å². The summed E-state index contributed by atoms with van der Waals surface area (Å²) in [5.74, 6) is 0. The molecule has 0 unspecified atom stereocenters. The molecular weight excluding hydrogens is 188 g/mol. The van der Waals surface area contributed by atoms with E-state index >= 15 is 0 Å². The molecule has 0 radical (unpaired) electrons. The van der Waals surface area contributed by atoms with Crippen LogP contribution >= 0.6 is 0 Å². The Bertz CT molecular complexity index is 287. The summed E-state index contributed by atoms with van der Waals surface area (Å²) in [5.41, 5.74) is 1.17. The average molecular weight is 208 g/mol. The van der Waals surface area contributed by atoms with E-state index in [1.807, 2.05) is 17.9 Å². The van der Waals surface area contributed by atoms with Crippen LogP contribution in [0.2, 0.25) is 0 Å². The van der Waals surface area contributed by atoms with E-state index in [9.17, 15) is 0 Å². The normalized spacial score (nSPS) is 19.0. The van der Waals surface area contributed by atoms with Gasteiger partial charge in [-0.25, -0.2) is 0 Å². The van der Waals surface area contributed by atoms with Gasteiger partial charge in [0.1, 0.15) is 0 Å². The maximum Gasteiger partial charge on any atom is 0.0738 e. The van der Waals surface area contributed by atoms with Crippen molar-refractivity contribution in [3.8, 4) is 0 Å². The second-order valence-electron chi connectivity index (χ2n) is 4.42. The number of nitrogens with one attached hydrogen (secondary N) is 1. The van der Waals surface area contributed by atoms with E-state index in [0.29, 0.717) is 6.04 Å². The highest BCUT2D eigenvalue weighted by molar-refractivity contribution is 4.93. The zero-order chi connectivity index (χ0) is 10.5. The Morgan fingerprint density at radius 3 is 2.67 bits per heavy atom. The Labute approximate surface area is 91.1 Å². The quantitative estimate of drug-likeness (QED) is 0.768. The molecule has 0 aromatic carbocycles. The molecule has 1 aliphatic carbocycles. The Balaban J connectivity index is 1.79. The lowest BCUT2D eigenvalue weighted by Crippen LogP contribution is -2.28. The molecule has 1 saturated carbocycles. The summed E-state index contributed by atoms with van der Waals surface area (Å²) < 4.78 is 1.84. The van der Waals surface area contributed by atoms with Crippen LogP contribution in [0.3, 0.4) is 0 Å². The van der Waals surface area contributed by atoms with Gasteiger partial charge in [0, 0.05) is 19.6 Å². The lowest BCUT2D eigenvalue weighted by Gasteiger charge is -2.15. The topological polar surface area (TPSA) is 42.7 Å². The molecule has 4 heteroatoms. The van der Waals surface area contributed by atoms with Crippen LogP contribution in [-0.4, -0.2) is 21.0 Å². The molecule has 0 aliphatic heterocycles. The highest BCUT2D eigenvalue weighted by Crippen LogP contribution is 2.17. The van der Waals surface area contributed by atoms with Crippen LogP contribution in [0.1, 0.15) is 44.2 Å². The third kappa shape index (κ3) is 3.02. The maximum absolute atomic E-state index is 3.93. The summed E-state index contributed by atoms with van der Waals surface area (Å²) in [6.07, 6.45) is 10.1. The molecule has 1 aromatic heterocycles. The van der Waals surface area contributed by atoms with Crippen LogP contribution in [0.5, 0.6) is 0 Å². The summed E-state index contributed by atoms with van der Waals surface area (Å²) >= 11 is 0. The number of hydrogen-bond donors (Lipinski definition) is 1. The van der Waals surface area contributed by atoms with Crippen molar-refractivity contribution in [3.05, 3.63) is 11.9 Å². The molecule has 1 aliphatic rings. The van der Waals surface area contributed by atoms with Crippen molar-refractivity contribution in [3.63, 3.8) is 0 Å². The first-order valence-electron chi connectivity index (χ1n) is 5.93. The van der Waals surface area contributed by atoms with E-state index in [-0.39, 0.29) is 0 Å². The molecule has 0 bridgehead atoms. The van der Waals surface area contributed by atoms with E-state index in [1.54, 1.807) is 0 Å². The van der Waals surface area contributed by atoms with Gasteiger partial charge in [-0.15, -0.1) is 5.10 Å². The molecule has 2 rings (SSSR count). The zero-order valence-corrected chi connectivity index (χ0v) is 9.45. The van der Waals surface area contributed by atoms with Gasteiger partial charge in [0.15, 0.2) is 0 Å². The number of aryl methyl sites for hydroxylation is 1. The monoisotopic (exact) mass is 208 g/mol. The van der Waals surface area contributed by atoms with Crippen LogP contribution in [-0.2, 0) is 13.6 Å².